The van der Waals surface area contributed by atoms with Crippen molar-refractivity contribution >= 4 is 39.7 Å². The molecule has 0 aliphatic heterocycles. The molecule has 0 radical (unpaired) electrons. The Bertz CT molecular complexity index is 1250. The lowest BCUT2D eigenvalue weighted by Crippen LogP contribution is -2.10. The molecule has 0 saturated carbocycles. The summed E-state index contributed by atoms with van der Waals surface area (Å²) in [5.41, 5.74) is 8.12. The number of carboxylic acids is 1. The Kier molecular flexibility index (Phi) is 4.64. The van der Waals surface area contributed by atoms with Crippen LogP contribution in [-0.4, -0.2) is 28.5 Å². The minimum absolute atomic E-state index is 0.0978. The second-order valence-corrected chi connectivity index (χ2v) is 6.61. The predicted octanol–water partition coefficient (Wildman–Crippen LogP) is 3.84. The molecule has 0 bridgehead atoms. The number of hydrogen-bond donors (Lipinski definition) is 2. The number of carbonyl (C=O) groups excluding carboxylic acids is 1. The van der Waals surface area contributed by atoms with Crippen molar-refractivity contribution in [2.24, 2.45) is 0 Å². The summed E-state index contributed by atoms with van der Waals surface area (Å²) >= 11 is 0. The van der Waals surface area contributed by atoms with E-state index in [0.717, 1.165) is 5.56 Å². The van der Waals surface area contributed by atoms with Gasteiger partial charge in [0, 0.05) is 17.6 Å². The van der Waals surface area contributed by atoms with E-state index in [1.165, 1.54) is 6.07 Å². The normalized spacial score (nSPS) is 11.1. The van der Waals surface area contributed by atoms with Crippen LogP contribution in [0.15, 0.2) is 54.6 Å². The van der Waals surface area contributed by atoms with Crippen LogP contribution in [0.25, 0.3) is 21.8 Å². The van der Waals surface area contributed by atoms with Crippen LogP contribution in [0.3, 0.4) is 0 Å². The zero-order valence-corrected chi connectivity index (χ0v) is 15.3. The molecule has 0 spiro atoms. The lowest BCUT2D eigenvalue weighted by molar-refractivity contribution is -0.139. The van der Waals surface area contributed by atoms with E-state index in [4.69, 9.17) is 15.6 Å². The molecular weight excluding hydrogens is 375 g/mol. The number of benzene rings is 3. The highest BCUT2D eigenvalue weighted by Crippen LogP contribution is 2.41. The smallest absolute Gasteiger partial charge is 0.341 e. The first kappa shape index (κ1) is 18.5. The van der Waals surface area contributed by atoms with Crippen LogP contribution in [0, 0.1) is 5.82 Å². The highest BCUT2D eigenvalue weighted by atomic mass is 19.1. The lowest BCUT2D eigenvalue weighted by Gasteiger charge is -2.11. The largest absolute Gasteiger partial charge is 0.481 e. The summed E-state index contributed by atoms with van der Waals surface area (Å²) in [4.78, 5) is 22.5. The number of carbonyl (C=O) groups is 2. The molecule has 4 aromatic rings. The maximum absolute atomic E-state index is 15.3. The van der Waals surface area contributed by atoms with Gasteiger partial charge in [0.25, 0.3) is 0 Å². The molecule has 29 heavy (non-hydrogen) atoms. The van der Waals surface area contributed by atoms with Crippen LogP contribution in [0.5, 0.6) is 5.75 Å². The molecule has 0 aliphatic rings. The summed E-state index contributed by atoms with van der Waals surface area (Å²) in [5.74, 6) is -1.79. The second kappa shape index (κ2) is 7.27. The molecule has 3 aromatic carbocycles. The number of aldehydes is 1. The molecule has 0 unspecified atom stereocenters. The van der Waals surface area contributed by atoms with Crippen molar-refractivity contribution in [2.75, 3.05) is 12.3 Å². The van der Waals surface area contributed by atoms with Gasteiger partial charge in [0.2, 0.25) is 0 Å². The molecule has 0 aliphatic carbocycles. The third kappa shape index (κ3) is 3.16. The van der Waals surface area contributed by atoms with Crippen LogP contribution in [-0.2, 0) is 11.3 Å². The van der Waals surface area contributed by atoms with E-state index in [1.54, 1.807) is 22.8 Å². The molecule has 6 nitrogen and oxygen atoms in total. The number of nitrogen functional groups attached to an aromatic ring is 1. The maximum atomic E-state index is 15.3. The van der Waals surface area contributed by atoms with Gasteiger partial charge in [-0.15, -0.1) is 0 Å². The van der Waals surface area contributed by atoms with Crippen LogP contribution in [0.1, 0.15) is 15.9 Å². The van der Waals surface area contributed by atoms with Crippen LogP contribution < -0.4 is 10.5 Å². The Morgan fingerprint density at radius 2 is 1.90 bits per heavy atom. The van der Waals surface area contributed by atoms with E-state index in [-0.39, 0.29) is 16.8 Å². The Hall–Kier alpha value is -3.87. The van der Waals surface area contributed by atoms with Gasteiger partial charge in [-0.2, -0.15) is 0 Å². The number of anilines is 1. The van der Waals surface area contributed by atoms with Gasteiger partial charge in [-0.05, 0) is 23.8 Å². The molecule has 1 aromatic heterocycles. The van der Waals surface area contributed by atoms with Gasteiger partial charge in [-0.25, -0.2) is 9.18 Å². The molecule has 146 valence electrons. The number of aromatic nitrogens is 1. The third-order valence-electron chi connectivity index (χ3n) is 4.78. The number of nitrogens with two attached hydrogens (primary N) is 1. The minimum Gasteiger partial charge on any atom is -0.481 e. The number of aliphatic carboxylic acids is 1. The highest BCUT2D eigenvalue weighted by molar-refractivity contribution is 6.17. The lowest BCUT2D eigenvalue weighted by atomic mass is 10.1. The molecule has 7 heteroatoms. The van der Waals surface area contributed by atoms with Gasteiger partial charge in [0.1, 0.15) is 5.75 Å². The molecular formula is C22H17FN2O4. The Balaban J connectivity index is 2.10. The van der Waals surface area contributed by atoms with Crippen LogP contribution in [0.4, 0.5) is 10.1 Å². The van der Waals surface area contributed by atoms with E-state index < -0.39 is 18.4 Å². The summed E-state index contributed by atoms with van der Waals surface area (Å²) < 4.78 is 22.5. The first-order valence-corrected chi connectivity index (χ1v) is 8.88. The van der Waals surface area contributed by atoms with Gasteiger partial charge in [0.05, 0.1) is 22.0 Å². The summed E-state index contributed by atoms with van der Waals surface area (Å²) in [7, 11) is 0. The van der Waals surface area contributed by atoms with E-state index in [9.17, 15) is 9.59 Å². The minimum atomic E-state index is -1.18. The zero-order chi connectivity index (χ0) is 20.5. The maximum Gasteiger partial charge on any atom is 0.341 e. The standard InChI is InChI=1S/C22H17FN2O4/c23-21-14(11-26)9-17(29-12-18(27)28)20-19-15(24)7-4-8-16(19)25(22(20)21)10-13-5-2-1-3-6-13/h1-9,11H,10,12,24H2,(H,27,28). The summed E-state index contributed by atoms with van der Waals surface area (Å²) in [6.07, 6.45) is 0.385. The van der Waals surface area contributed by atoms with E-state index >= 15 is 4.39 Å². The van der Waals surface area contributed by atoms with Gasteiger partial charge < -0.3 is 20.1 Å². The van der Waals surface area contributed by atoms with E-state index in [0.29, 0.717) is 34.8 Å². The number of ether oxygens (including phenoxy) is 1. The fourth-order valence-electron chi connectivity index (χ4n) is 3.58. The number of hydrogen-bond acceptors (Lipinski definition) is 4. The average Bonchev–Trinajstić information content (AvgIpc) is 3.04. The first-order valence-electron chi connectivity index (χ1n) is 8.88. The number of nitrogens with zero attached hydrogens (tertiary/aromatic N) is 1. The fourth-order valence-corrected chi connectivity index (χ4v) is 3.58. The van der Waals surface area contributed by atoms with Crippen molar-refractivity contribution in [1.29, 1.82) is 0 Å². The van der Waals surface area contributed by atoms with Crippen LogP contribution >= 0.6 is 0 Å². The van der Waals surface area contributed by atoms with Crippen molar-refractivity contribution in [2.45, 2.75) is 6.54 Å². The average molecular weight is 392 g/mol. The molecule has 3 N–H and O–H groups in total. The van der Waals surface area contributed by atoms with E-state index in [1.807, 2.05) is 30.3 Å². The topological polar surface area (TPSA) is 94.6 Å². The van der Waals surface area contributed by atoms with E-state index in [2.05, 4.69) is 0 Å². The predicted molar refractivity (Wildman–Crippen MR) is 108 cm³/mol. The molecule has 4 rings (SSSR count). The molecule has 0 saturated heterocycles. The monoisotopic (exact) mass is 392 g/mol. The second-order valence-electron chi connectivity index (χ2n) is 6.61. The zero-order valence-electron chi connectivity index (χ0n) is 15.3. The third-order valence-corrected chi connectivity index (χ3v) is 4.78. The van der Waals surface area contributed by atoms with Gasteiger partial charge in [0.15, 0.2) is 18.7 Å². The number of halogens is 1. The fraction of sp³-hybridized carbons (Fsp3) is 0.0909. The molecule has 0 atom stereocenters. The van der Waals surface area contributed by atoms with Crippen molar-refractivity contribution in [3.05, 3.63) is 71.5 Å². The quantitative estimate of drug-likeness (QED) is 0.384. The Labute approximate surface area is 164 Å². The van der Waals surface area contributed by atoms with Gasteiger partial charge >= 0.3 is 5.97 Å². The van der Waals surface area contributed by atoms with Crippen LogP contribution in [0.2, 0.25) is 0 Å². The first-order chi connectivity index (χ1) is 14.0. The summed E-state index contributed by atoms with van der Waals surface area (Å²) in [6, 6.07) is 15.9. The number of rotatable bonds is 6. The number of carboxylic acid groups (broad SMARTS) is 1. The Morgan fingerprint density at radius 3 is 2.59 bits per heavy atom. The molecule has 1 heterocycles. The molecule has 0 amide bonds. The highest BCUT2D eigenvalue weighted by Gasteiger charge is 2.23. The van der Waals surface area contributed by atoms with Gasteiger partial charge in [-0.1, -0.05) is 36.4 Å². The number of fused-ring (bicyclic) bond motifs is 3. The summed E-state index contributed by atoms with van der Waals surface area (Å²) in [5, 5.41) is 9.89. The van der Waals surface area contributed by atoms with Crippen molar-refractivity contribution in [3.8, 4) is 5.75 Å². The SMILES string of the molecule is Nc1cccc2c1c1c(OCC(=O)O)cc(C=O)c(F)c1n2Cc1ccccc1. The summed E-state index contributed by atoms with van der Waals surface area (Å²) in [6.45, 7) is -0.293. The molecule has 0 fully saturated rings. The Morgan fingerprint density at radius 1 is 1.14 bits per heavy atom. The van der Waals surface area contributed by atoms with Crippen molar-refractivity contribution in [3.63, 3.8) is 0 Å². The van der Waals surface area contributed by atoms with Gasteiger partial charge in [-0.3, -0.25) is 4.79 Å². The van der Waals surface area contributed by atoms with Crippen molar-refractivity contribution in [1.82, 2.24) is 4.57 Å². The van der Waals surface area contributed by atoms with Crippen molar-refractivity contribution < 1.29 is 23.8 Å².